The number of urea groups is 1. The molecular weight excluding hydrogens is 348 g/mol. The second kappa shape index (κ2) is 8.03. The number of hydrogen-bond acceptors (Lipinski definition) is 4. The Morgan fingerprint density at radius 2 is 2.12 bits per heavy atom. The number of aromatic nitrogens is 1. The SMILES string of the molecule is CCN(CC)C(=O)[C@@H]1CCCN(C(=O)Nc2ccc3sc(C)nc3c2)C1. The van der Waals surface area contributed by atoms with Crippen LogP contribution in [0.3, 0.4) is 0 Å². The fourth-order valence-electron chi connectivity index (χ4n) is 3.48. The average molecular weight is 375 g/mol. The Balaban J connectivity index is 1.65. The molecule has 1 saturated heterocycles. The lowest BCUT2D eigenvalue weighted by Crippen LogP contribution is -2.47. The largest absolute Gasteiger partial charge is 0.343 e. The summed E-state index contributed by atoms with van der Waals surface area (Å²) in [6, 6.07) is 5.64. The van der Waals surface area contributed by atoms with Crippen molar-refractivity contribution >= 4 is 39.2 Å². The van der Waals surface area contributed by atoms with Gasteiger partial charge in [-0.3, -0.25) is 4.79 Å². The molecule has 0 spiro atoms. The number of anilines is 1. The lowest BCUT2D eigenvalue weighted by molar-refractivity contribution is -0.136. The van der Waals surface area contributed by atoms with Crippen LogP contribution in [0.2, 0.25) is 0 Å². The van der Waals surface area contributed by atoms with Crippen LogP contribution >= 0.6 is 11.3 Å². The van der Waals surface area contributed by atoms with Crippen LogP contribution in [0.5, 0.6) is 0 Å². The summed E-state index contributed by atoms with van der Waals surface area (Å²) in [7, 11) is 0. The smallest absolute Gasteiger partial charge is 0.321 e. The molecule has 3 rings (SSSR count). The molecule has 0 bridgehead atoms. The summed E-state index contributed by atoms with van der Waals surface area (Å²) in [6.45, 7) is 8.56. The highest BCUT2D eigenvalue weighted by molar-refractivity contribution is 7.18. The van der Waals surface area contributed by atoms with Crippen molar-refractivity contribution in [1.82, 2.24) is 14.8 Å². The number of nitrogens with one attached hydrogen (secondary N) is 1. The van der Waals surface area contributed by atoms with E-state index in [9.17, 15) is 9.59 Å². The normalized spacial score (nSPS) is 17.3. The molecule has 1 N–H and O–H groups in total. The third-order valence-corrected chi connectivity index (χ3v) is 5.83. The molecule has 140 valence electrons. The third-order valence-electron chi connectivity index (χ3n) is 4.88. The highest BCUT2D eigenvalue weighted by Crippen LogP contribution is 2.25. The second-order valence-corrected chi connectivity index (χ2v) is 7.88. The molecule has 3 amide bonds. The number of piperidine rings is 1. The van der Waals surface area contributed by atoms with E-state index >= 15 is 0 Å². The molecule has 7 heteroatoms. The van der Waals surface area contributed by atoms with Gasteiger partial charge in [-0.25, -0.2) is 9.78 Å². The van der Waals surface area contributed by atoms with Crippen LogP contribution in [-0.4, -0.2) is 52.9 Å². The number of benzene rings is 1. The number of fused-ring (bicyclic) bond motifs is 1. The number of amides is 3. The lowest BCUT2D eigenvalue weighted by Gasteiger charge is -2.34. The standard InChI is InChI=1S/C19H26N4O2S/c1-4-22(5-2)18(24)14-7-6-10-23(12-14)19(25)21-15-8-9-17-16(11-15)20-13(3)26-17/h8-9,11,14H,4-7,10,12H2,1-3H3,(H,21,25)/t14-/m1/s1. The van der Waals surface area contributed by atoms with Crippen molar-refractivity contribution in [1.29, 1.82) is 0 Å². The summed E-state index contributed by atoms with van der Waals surface area (Å²) >= 11 is 1.64. The van der Waals surface area contributed by atoms with Gasteiger partial charge < -0.3 is 15.1 Å². The number of thiazole rings is 1. The monoisotopic (exact) mass is 374 g/mol. The van der Waals surface area contributed by atoms with Gasteiger partial charge in [0.15, 0.2) is 0 Å². The number of nitrogens with zero attached hydrogens (tertiary/aromatic N) is 3. The van der Waals surface area contributed by atoms with Gasteiger partial charge >= 0.3 is 6.03 Å². The molecule has 1 aromatic heterocycles. The van der Waals surface area contributed by atoms with E-state index in [1.54, 1.807) is 16.2 Å². The summed E-state index contributed by atoms with van der Waals surface area (Å²) in [6.07, 6.45) is 1.71. The van der Waals surface area contributed by atoms with Gasteiger partial charge in [0, 0.05) is 31.9 Å². The van der Waals surface area contributed by atoms with Crippen molar-refractivity contribution in [2.45, 2.75) is 33.6 Å². The quantitative estimate of drug-likeness (QED) is 0.887. The molecule has 0 radical (unpaired) electrons. The average Bonchev–Trinajstić information content (AvgIpc) is 3.02. The number of carbonyl (C=O) groups excluding carboxylic acids is 2. The number of likely N-dealkylation sites (tertiary alicyclic amines) is 1. The molecule has 1 aromatic carbocycles. The van der Waals surface area contributed by atoms with Crippen LogP contribution in [0.4, 0.5) is 10.5 Å². The zero-order valence-corrected chi connectivity index (χ0v) is 16.4. The summed E-state index contributed by atoms with van der Waals surface area (Å²) < 4.78 is 1.11. The van der Waals surface area contributed by atoms with E-state index in [4.69, 9.17) is 0 Å². The minimum absolute atomic E-state index is 0.0990. The number of aryl methyl sites for hydroxylation is 1. The fourth-order valence-corrected chi connectivity index (χ4v) is 4.29. The zero-order chi connectivity index (χ0) is 18.7. The molecule has 0 aliphatic carbocycles. The van der Waals surface area contributed by atoms with Crippen molar-refractivity contribution < 1.29 is 9.59 Å². The Kier molecular flexibility index (Phi) is 5.76. The number of rotatable bonds is 4. The van der Waals surface area contributed by atoms with Gasteiger partial charge in [0.2, 0.25) is 5.91 Å². The Hall–Kier alpha value is -2.15. The lowest BCUT2D eigenvalue weighted by atomic mass is 9.96. The van der Waals surface area contributed by atoms with Crippen molar-refractivity contribution in [3.63, 3.8) is 0 Å². The molecule has 1 aliphatic rings. The first kappa shape index (κ1) is 18.6. The van der Waals surface area contributed by atoms with Crippen LogP contribution in [0.25, 0.3) is 10.2 Å². The first-order valence-electron chi connectivity index (χ1n) is 9.23. The molecule has 2 aromatic rings. The maximum Gasteiger partial charge on any atom is 0.321 e. The maximum atomic E-state index is 12.7. The molecule has 1 aliphatic heterocycles. The van der Waals surface area contributed by atoms with Crippen LogP contribution in [-0.2, 0) is 4.79 Å². The number of carbonyl (C=O) groups is 2. The Bertz CT molecular complexity index is 800. The predicted octanol–water partition coefficient (Wildman–Crippen LogP) is 3.72. The van der Waals surface area contributed by atoms with E-state index in [0.29, 0.717) is 26.2 Å². The van der Waals surface area contributed by atoms with Gasteiger partial charge in [0.1, 0.15) is 0 Å². The van der Waals surface area contributed by atoms with Crippen LogP contribution in [0.15, 0.2) is 18.2 Å². The van der Waals surface area contributed by atoms with Gasteiger partial charge in [0.25, 0.3) is 0 Å². The highest BCUT2D eigenvalue weighted by Gasteiger charge is 2.30. The fraction of sp³-hybridized carbons (Fsp3) is 0.526. The first-order valence-corrected chi connectivity index (χ1v) is 10.0. The van der Waals surface area contributed by atoms with Gasteiger partial charge in [-0.1, -0.05) is 0 Å². The van der Waals surface area contributed by atoms with E-state index in [2.05, 4.69) is 10.3 Å². The zero-order valence-electron chi connectivity index (χ0n) is 15.6. The maximum absolute atomic E-state index is 12.7. The Labute approximate surface area is 158 Å². The van der Waals surface area contributed by atoms with Gasteiger partial charge in [-0.2, -0.15) is 0 Å². The minimum atomic E-state index is -0.145. The molecule has 26 heavy (non-hydrogen) atoms. The molecule has 1 atom stereocenters. The summed E-state index contributed by atoms with van der Waals surface area (Å²) in [5.74, 6) is 0.0601. The molecule has 0 unspecified atom stereocenters. The van der Waals surface area contributed by atoms with Crippen LogP contribution in [0.1, 0.15) is 31.7 Å². The van der Waals surface area contributed by atoms with E-state index in [-0.39, 0.29) is 17.9 Å². The molecule has 2 heterocycles. The van der Waals surface area contributed by atoms with Crippen molar-refractivity contribution in [3.8, 4) is 0 Å². The van der Waals surface area contributed by atoms with Crippen molar-refractivity contribution in [2.24, 2.45) is 5.92 Å². The molecule has 0 saturated carbocycles. The molecular formula is C19H26N4O2S. The third kappa shape index (κ3) is 3.98. The van der Waals surface area contributed by atoms with Crippen LogP contribution in [0, 0.1) is 12.8 Å². The van der Waals surface area contributed by atoms with Crippen LogP contribution < -0.4 is 5.32 Å². The summed E-state index contributed by atoms with van der Waals surface area (Å²) in [4.78, 5) is 33.3. The molecule has 1 fully saturated rings. The van der Waals surface area contributed by atoms with Crippen molar-refractivity contribution in [3.05, 3.63) is 23.2 Å². The molecule has 6 nitrogen and oxygen atoms in total. The van der Waals surface area contributed by atoms with Gasteiger partial charge in [-0.05, 0) is 51.8 Å². The van der Waals surface area contributed by atoms with Crippen molar-refractivity contribution in [2.75, 3.05) is 31.5 Å². The topological polar surface area (TPSA) is 65.5 Å². The number of hydrogen-bond donors (Lipinski definition) is 1. The van der Waals surface area contributed by atoms with Gasteiger partial charge in [-0.15, -0.1) is 11.3 Å². The van der Waals surface area contributed by atoms with Gasteiger partial charge in [0.05, 0.1) is 21.1 Å². The van der Waals surface area contributed by atoms with E-state index < -0.39 is 0 Å². The van der Waals surface area contributed by atoms with E-state index in [0.717, 1.165) is 33.8 Å². The highest BCUT2D eigenvalue weighted by atomic mass is 32.1. The van der Waals surface area contributed by atoms with E-state index in [1.807, 2.05) is 43.9 Å². The minimum Gasteiger partial charge on any atom is -0.343 e. The summed E-state index contributed by atoms with van der Waals surface area (Å²) in [5, 5.41) is 3.97. The second-order valence-electron chi connectivity index (χ2n) is 6.64. The Morgan fingerprint density at radius 3 is 2.85 bits per heavy atom. The predicted molar refractivity (Wildman–Crippen MR) is 106 cm³/mol. The van der Waals surface area contributed by atoms with E-state index in [1.165, 1.54) is 0 Å². The Morgan fingerprint density at radius 1 is 1.35 bits per heavy atom. The summed E-state index contributed by atoms with van der Waals surface area (Å²) in [5.41, 5.74) is 1.64. The first-order chi connectivity index (χ1) is 12.5.